The summed E-state index contributed by atoms with van der Waals surface area (Å²) in [7, 11) is 0. The van der Waals surface area contributed by atoms with Crippen molar-refractivity contribution in [2.24, 2.45) is 0 Å². The maximum Gasteiger partial charge on any atom is 0.163 e. The second-order valence-electron chi connectivity index (χ2n) is 4.32. The van der Waals surface area contributed by atoms with E-state index in [2.05, 4.69) is 0 Å². The van der Waals surface area contributed by atoms with Crippen LogP contribution in [0, 0.1) is 0 Å². The van der Waals surface area contributed by atoms with Crippen molar-refractivity contribution in [2.75, 3.05) is 0 Å². The predicted molar refractivity (Wildman–Crippen MR) is 74.9 cm³/mol. The Kier molecular flexibility index (Phi) is 3.83. The number of ketones is 1. The van der Waals surface area contributed by atoms with Crippen LogP contribution in [0.1, 0.15) is 43.0 Å². The van der Waals surface area contributed by atoms with Gasteiger partial charge in [-0.1, -0.05) is 67.6 Å². The topological polar surface area (TPSA) is 17.1 Å². The first kappa shape index (κ1) is 11.2. The van der Waals surface area contributed by atoms with Gasteiger partial charge in [-0.25, -0.2) is 0 Å². The van der Waals surface area contributed by atoms with Gasteiger partial charge in [0.2, 0.25) is 0 Å². The van der Waals surface area contributed by atoms with E-state index in [-0.39, 0.29) is 11.7 Å². The first-order chi connectivity index (χ1) is 9.24. The van der Waals surface area contributed by atoms with E-state index in [0.29, 0.717) is 5.56 Å². The summed E-state index contributed by atoms with van der Waals surface area (Å²) >= 11 is 0. The summed E-state index contributed by atoms with van der Waals surface area (Å²) in [6.45, 7) is 2.03. The molecule has 0 aliphatic rings. The molecule has 2 aromatic carbocycles. The molecule has 2 rings (SSSR count). The summed E-state index contributed by atoms with van der Waals surface area (Å²) in [5.74, 6) is -0.148. The van der Waals surface area contributed by atoms with Crippen LogP contribution in [0.2, 0.25) is 0 Å². The molecule has 0 saturated carbocycles. The number of hydrogen-bond acceptors (Lipinski definition) is 1. The molecule has 92 valence electrons. The van der Waals surface area contributed by atoms with Gasteiger partial charge in [-0.05, 0) is 17.9 Å². The molecule has 0 aromatic heterocycles. The van der Waals surface area contributed by atoms with Gasteiger partial charge in [-0.15, -0.1) is 0 Å². The highest BCUT2D eigenvalue weighted by molar-refractivity contribution is 5.96. The molecule has 0 spiro atoms. The molecule has 0 N–H and O–H groups in total. The Labute approximate surface area is 110 Å². The minimum absolute atomic E-state index is 0.0473. The molecule has 18 heavy (non-hydrogen) atoms. The lowest BCUT2D eigenvalue weighted by Gasteiger charge is -2.14. The van der Waals surface area contributed by atoms with Crippen LogP contribution in [-0.4, -0.2) is 5.78 Å². The third-order valence-corrected chi connectivity index (χ3v) is 3.08. The van der Waals surface area contributed by atoms with Gasteiger partial charge < -0.3 is 0 Å². The molecule has 0 aliphatic heterocycles. The van der Waals surface area contributed by atoms with Crippen LogP contribution in [0.3, 0.4) is 0 Å². The van der Waals surface area contributed by atoms with E-state index < -0.39 is 6.40 Å². The molecule has 0 saturated heterocycles. The highest BCUT2D eigenvalue weighted by Crippen LogP contribution is 2.24. The Balaban J connectivity index is 2.22. The summed E-state index contributed by atoms with van der Waals surface area (Å²) in [4.78, 5) is 12.3. The van der Waals surface area contributed by atoms with E-state index in [9.17, 15) is 4.79 Å². The average molecular weight is 239 g/mol. The lowest BCUT2D eigenvalue weighted by atomic mass is 9.90. The maximum atomic E-state index is 12.3. The lowest BCUT2D eigenvalue weighted by Crippen LogP contribution is -2.06. The highest BCUT2D eigenvalue weighted by atomic mass is 16.1. The zero-order valence-corrected chi connectivity index (χ0v) is 10.5. The summed E-state index contributed by atoms with van der Waals surface area (Å²) in [6.07, 6.45) is 0.0475. The van der Waals surface area contributed by atoms with Gasteiger partial charge in [0.05, 0.1) is 0 Å². The van der Waals surface area contributed by atoms with Gasteiger partial charge in [0.25, 0.3) is 0 Å². The average Bonchev–Trinajstić information content (AvgIpc) is 2.49. The minimum Gasteiger partial charge on any atom is -0.294 e. The van der Waals surface area contributed by atoms with Gasteiger partial charge in [0.1, 0.15) is 0 Å². The van der Waals surface area contributed by atoms with Crippen molar-refractivity contribution in [2.45, 2.75) is 25.7 Å². The molecule has 2 unspecified atom stereocenters. The predicted octanol–water partition coefficient (Wildman–Crippen LogP) is 4.45. The van der Waals surface area contributed by atoms with Crippen LogP contribution < -0.4 is 0 Å². The van der Waals surface area contributed by atoms with Gasteiger partial charge in [-0.3, -0.25) is 4.79 Å². The Morgan fingerprint density at radius 1 is 1.06 bits per heavy atom. The molecular weight excluding hydrogens is 220 g/mol. The molecule has 0 fully saturated rings. The van der Waals surface area contributed by atoms with Crippen LogP contribution in [-0.2, 0) is 0 Å². The SMILES string of the molecule is [2H]C(C(=O)c1ccccc1)C(CC)c1ccccc1. The molecule has 1 nitrogen and oxygen atoms in total. The Hall–Kier alpha value is -1.89. The van der Waals surface area contributed by atoms with Crippen LogP contribution >= 0.6 is 0 Å². The number of benzene rings is 2. The fraction of sp³-hybridized carbons (Fsp3) is 0.235. The zero-order chi connectivity index (χ0) is 13.7. The minimum atomic E-state index is -0.741. The van der Waals surface area contributed by atoms with Crippen molar-refractivity contribution in [3.05, 3.63) is 71.8 Å². The second-order valence-corrected chi connectivity index (χ2v) is 4.32. The van der Waals surface area contributed by atoms with Crippen LogP contribution in [0.4, 0.5) is 0 Å². The van der Waals surface area contributed by atoms with Crippen molar-refractivity contribution < 1.29 is 6.17 Å². The monoisotopic (exact) mass is 239 g/mol. The normalized spacial score (nSPS) is 14.6. The quantitative estimate of drug-likeness (QED) is 0.704. The van der Waals surface area contributed by atoms with Crippen molar-refractivity contribution in [3.8, 4) is 0 Å². The molecular formula is C17H18O. The summed E-state index contributed by atoms with van der Waals surface area (Å²) in [5.41, 5.74) is 1.69. The van der Waals surface area contributed by atoms with Crippen LogP contribution in [0.5, 0.6) is 0 Å². The van der Waals surface area contributed by atoms with E-state index in [1.54, 1.807) is 12.1 Å². The van der Waals surface area contributed by atoms with Gasteiger partial charge in [0, 0.05) is 13.3 Å². The van der Waals surface area contributed by atoms with Crippen LogP contribution in [0.15, 0.2) is 60.7 Å². The van der Waals surface area contributed by atoms with Crippen molar-refractivity contribution in [1.29, 1.82) is 0 Å². The van der Waals surface area contributed by atoms with E-state index >= 15 is 0 Å². The fourth-order valence-electron chi connectivity index (χ4n) is 2.03. The Morgan fingerprint density at radius 3 is 2.17 bits per heavy atom. The van der Waals surface area contributed by atoms with Crippen molar-refractivity contribution in [1.82, 2.24) is 0 Å². The number of Topliss-reactive ketones (excluding diaryl/α,β-unsaturated/α-hetero) is 1. The van der Waals surface area contributed by atoms with E-state index in [4.69, 9.17) is 1.37 Å². The summed E-state index contributed by atoms with van der Waals surface area (Å²) < 4.78 is 8.26. The Morgan fingerprint density at radius 2 is 1.61 bits per heavy atom. The van der Waals surface area contributed by atoms with E-state index in [1.165, 1.54) is 0 Å². The van der Waals surface area contributed by atoms with E-state index in [1.807, 2.05) is 55.5 Å². The summed E-state index contributed by atoms with van der Waals surface area (Å²) in [6, 6.07) is 19.0. The molecule has 2 atom stereocenters. The number of carbonyl (C=O) groups excluding carboxylic acids is 1. The van der Waals surface area contributed by atoms with Gasteiger partial charge in [0.15, 0.2) is 5.78 Å². The molecule has 0 bridgehead atoms. The van der Waals surface area contributed by atoms with Gasteiger partial charge >= 0.3 is 0 Å². The second kappa shape index (κ2) is 6.15. The standard InChI is InChI=1S/C17H18O/c1-2-14(15-9-5-3-6-10-15)13-17(18)16-11-7-4-8-12-16/h3-12,14H,2,13H2,1H3/i13D. The van der Waals surface area contributed by atoms with Crippen LogP contribution in [0.25, 0.3) is 0 Å². The molecule has 0 radical (unpaired) electrons. The number of carbonyl (C=O) groups is 1. The fourth-order valence-corrected chi connectivity index (χ4v) is 2.03. The molecule has 2 aromatic rings. The van der Waals surface area contributed by atoms with Crippen molar-refractivity contribution >= 4 is 5.78 Å². The molecule has 0 heterocycles. The number of rotatable bonds is 5. The van der Waals surface area contributed by atoms with Gasteiger partial charge in [-0.2, -0.15) is 0 Å². The summed E-state index contributed by atoms with van der Waals surface area (Å²) in [5, 5.41) is 0. The molecule has 1 heteroatoms. The third kappa shape index (κ3) is 3.07. The molecule has 0 aliphatic carbocycles. The largest absolute Gasteiger partial charge is 0.294 e. The third-order valence-electron chi connectivity index (χ3n) is 3.08. The first-order valence-corrected chi connectivity index (χ1v) is 6.30. The Bertz CT molecular complexity index is 521. The zero-order valence-electron chi connectivity index (χ0n) is 11.5. The van der Waals surface area contributed by atoms with E-state index in [0.717, 1.165) is 12.0 Å². The number of hydrogen-bond donors (Lipinski definition) is 0. The smallest absolute Gasteiger partial charge is 0.163 e. The lowest BCUT2D eigenvalue weighted by molar-refractivity contribution is 0.0973. The highest BCUT2D eigenvalue weighted by Gasteiger charge is 2.14. The van der Waals surface area contributed by atoms with Crippen molar-refractivity contribution in [3.63, 3.8) is 0 Å². The molecule has 0 amide bonds. The first-order valence-electron chi connectivity index (χ1n) is 6.88. The maximum absolute atomic E-state index is 12.3.